The molecule has 13 atom stereocenters. The molecule has 0 bridgehead atoms. The Kier molecular flexibility index (Phi) is 4.78. The van der Waals surface area contributed by atoms with Gasteiger partial charge in [0.05, 0.1) is 24.9 Å². The summed E-state index contributed by atoms with van der Waals surface area (Å²) in [7, 11) is 0. The molecular formula is C27H44O4. The fourth-order valence-electron chi connectivity index (χ4n) is 10.2. The summed E-state index contributed by atoms with van der Waals surface area (Å²) in [6.07, 6.45) is 9.70. The summed E-state index contributed by atoms with van der Waals surface area (Å²) in [6, 6.07) is 0. The molecule has 4 heteroatoms. The summed E-state index contributed by atoms with van der Waals surface area (Å²) in [5.41, 5.74) is 0.233. The van der Waals surface area contributed by atoms with E-state index in [0.717, 1.165) is 45.1 Å². The third-order valence-corrected chi connectivity index (χ3v) is 12.0. The van der Waals surface area contributed by atoms with Crippen molar-refractivity contribution in [1.29, 1.82) is 0 Å². The monoisotopic (exact) mass is 432 g/mol. The quantitative estimate of drug-likeness (QED) is 0.579. The first kappa shape index (κ1) is 21.4. The molecule has 2 aliphatic heterocycles. The van der Waals surface area contributed by atoms with Crippen LogP contribution < -0.4 is 0 Å². The number of aliphatic hydroxyl groups is 2. The van der Waals surface area contributed by atoms with Crippen LogP contribution in [0.3, 0.4) is 0 Å². The molecule has 0 radical (unpaired) electrons. The minimum Gasteiger partial charge on any atom is -0.393 e. The summed E-state index contributed by atoms with van der Waals surface area (Å²) in [5, 5.41) is 22.1. The Morgan fingerprint density at radius 1 is 0.871 bits per heavy atom. The molecule has 4 nitrogen and oxygen atoms in total. The lowest BCUT2D eigenvalue weighted by molar-refractivity contribution is -0.274. The van der Waals surface area contributed by atoms with Gasteiger partial charge in [0, 0.05) is 23.7 Å². The fraction of sp³-hybridized carbons (Fsp3) is 1.00. The molecular weight excluding hydrogens is 388 g/mol. The van der Waals surface area contributed by atoms with Crippen LogP contribution in [0.25, 0.3) is 0 Å². The highest BCUT2D eigenvalue weighted by atomic mass is 16.7. The average Bonchev–Trinajstić information content (AvgIpc) is 3.18. The van der Waals surface area contributed by atoms with Crippen molar-refractivity contribution in [2.24, 2.45) is 52.3 Å². The van der Waals surface area contributed by atoms with Crippen molar-refractivity contribution in [2.45, 2.75) is 110 Å². The number of rotatable bonds is 0. The number of aliphatic hydroxyl groups excluding tert-OH is 2. The summed E-state index contributed by atoms with van der Waals surface area (Å²) in [4.78, 5) is 0. The maximum atomic E-state index is 11.8. The van der Waals surface area contributed by atoms with Crippen molar-refractivity contribution < 1.29 is 19.7 Å². The van der Waals surface area contributed by atoms with E-state index in [2.05, 4.69) is 27.7 Å². The molecule has 4 saturated carbocycles. The average molecular weight is 433 g/mol. The maximum absolute atomic E-state index is 11.8. The lowest BCUT2D eigenvalue weighted by Gasteiger charge is -2.62. The molecule has 2 saturated heterocycles. The van der Waals surface area contributed by atoms with Gasteiger partial charge in [-0.25, -0.2) is 0 Å². The molecule has 2 heterocycles. The first-order valence-corrected chi connectivity index (χ1v) is 13.4. The second-order valence-electron chi connectivity index (χ2n) is 13.2. The third-order valence-electron chi connectivity index (χ3n) is 12.0. The van der Waals surface area contributed by atoms with E-state index in [9.17, 15) is 10.2 Å². The van der Waals surface area contributed by atoms with Gasteiger partial charge in [0.15, 0.2) is 5.79 Å². The van der Waals surface area contributed by atoms with Gasteiger partial charge in [-0.2, -0.15) is 0 Å². The highest BCUT2D eigenvalue weighted by Crippen LogP contribution is 2.71. The molecule has 2 N–H and O–H groups in total. The number of hydrogen-bond donors (Lipinski definition) is 2. The van der Waals surface area contributed by atoms with Crippen LogP contribution in [-0.2, 0) is 9.47 Å². The highest BCUT2D eigenvalue weighted by Gasteiger charge is 2.71. The number of ether oxygens (including phenoxy) is 2. The van der Waals surface area contributed by atoms with Gasteiger partial charge in [-0.3, -0.25) is 0 Å². The molecule has 6 rings (SSSR count). The van der Waals surface area contributed by atoms with Gasteiger partial charge in [-0.05, 0) is 86.4 Å². The zero-order chi connectivity index (χ0) is 21.8. The van der Waals surface area contributed by atoms with Crippen LogP contribution in [0.2, 0.25) is 0 Å². The zero-order valence-corrected chi connectivity index (χ0v) is 20.1. The highest BCUT2D eigenvalue weighted by molar-refractivity contribution is 5.17. The van der Waals surface area contributed by atoms with Gasteiger partial charge in [0.1, 0.15) is 0 Å². The van der Waals surface area contributed by atoms with Gasteiger partial charge in [-0.1, -0.05) is 27.7 Å². The Morgan fingerprint density at radius 3 is 2.42 bits per heavy atom. The summed E-state index contributed by atoms with van der Waals surface area (Å²) in [5.74, 6) is 3.46. The third kappa shape index (κ3) is 2.74. The lowest BCUT2D eigenvalue weighted by atomic mass is 9.43. The SMILES string of the molecule is C[C@@H]1CC[C@@]2(OC1)O[C@H]1C[C@@H]3[C@@H]4CC[C@H]5C[C@@H](O)CC[C@]5(C)[C@H]4C[C@H](O)[C@]3(C)[C@H]1[C@@H]2C. The van der Waals surface area contributed by atoms with Gasteiger partial charge in [0.25, 0.3) is 0 Å². The molecule has 31 heavy (non-hydrogen) atoms. The van der Waals surface area contributed by atoms with E-state index >= 15 is 0 Å². The van der Waals surface area contributed by atoms with Crippen molar-refractivity contribution in [3.05, 3.63) is 0 Å². The van der Waals surface area contributed by atoms with Crippen LogP contribution in [0, 0.1) is 52.3 Å². The molecule has 0 amide bonds. The topological polar surface area (TPSA) is 58.9 Å². The van der Waals surface area contributed by atoms with Gasteiger partial charge in [-0.15, -0.1) is 0 Å². The largest absolute Gasteiger partial charge is 0.393 e. The Labute approximate surface area is 188 Å². The minimum atomic E-state index is -0.407. The lowest BCUT2D eigenvalue weighted by Crippen LogP contribution is -2.59. The smallest absolute Gasteiger partial charge is 0.171 e. The fourth-order valence-corrected chi connectivity index (χ4v) is 10.2. The first-order valence-electron chi connectivity index (χ1n) is 13.4. The molecule has 4 aliphatic carbocycles. The predicted octanol–water partition coefficient (Wildman–Crippen LogP) is 4.76. The van der Waals surface area contributed by atoms with E-state index in [1.165, 1.54) is 19.3 Å². The maximum Gasteiger partial charge on any atom is 0.171 e. The molecule has 0 unspecified atom stereocenters. The Balaban J connectivity index is 1.29. The van der Waals surface area contributed by atoms with E-state index in [1.54, 1.807) is 0 Å². The molecule has 0 aromatic heterocycles. The molecule has 176 valence electrons. The van der Waals surface area contributed by atoms with Crippen molar-refractivity contribution in [3.8, 4) is 0 Å². The first-order chi connectivity index (χ1) is 14.7. The Bertz CT molecular complexity index is 716. The molecule has 1 spiro atoms. The van der Waals surface area contributed by atoms with Crippen molar-refractivity contribution in [3.63, 3.8) is 0 Å². The molecule has 0 aromatic rings. The van der Waals surface area contributed by atoms with Crippen LogP contribution in [0.4, 0.5) is 0 Å². The Hall–Kier alpha value is -0.160. The van der Waals surface area contributed by atoms with E-state index in [0.29, 0.717) is 46.8 Å². The van der Waals surface area contributed by atoms with Gasteiger partial charge >= 0.3 is 0 Å². The van der Waals surface area contributed by atoms with Crippen LogP contribution in [0.15, 0.2) is 0 Å². The van der Waals surface area contributed by atoms with Gasteiger partial charge < -0.3 is 19.7 Å². The van der Waals surface area contributed by atoms with Crippen LogP contribution in [0.5, 0.6) is 0 Å². The summed E-state index contributed by atoms with van der Waals surface area (Å²) >= 11 is 0. The van der Waals surface area contributed by atoms with Crippen LogP contribution in [0.1, 0.15) is 85.5 Å². The van der Waals surface area contributed by atoms with Crippen LogP contribution in [-0.4, -0.2) is 40.9 Å². The molecule has 0 aromatic carbocycles. The minimum absolute atomic E-state index is 0.0570. The summed E-state index contributed by atoms with van der Waals surface area (Å²) < 4.78 is 13.3. The molecule has 6 aliphatic rings. The normalized spacial score (nSPS) is 63.3. The Morgan fingerprint density at radius 2 is 1.68 bits per heavy atom. The second kappa shape index (κ2) is 6.93. The predicted molar refractivity (Wildman–Crippen MR) is 119 cm³/mol. The van der Waals surface area contributed by atoms with E-state index < -0.39 is 5.79 Å². The van der Waals surface area contributed by atoms with Crippen LogP contribution >= 0.6 is 0 Å². The number of hydrogen-bond acceptors (Lipinski definition) is 4. The van der Waals surface area contributed by atoms with Crippen molar-refractivity contribution in [1.82, 2.24) is 0 Å². The standard InChI is InChI=1S/C27H44O4/c1-15-7-10-27(30-14-15)16(2)24-22(31-27)12-21-19-6-5-17-11-18(28)8-9-25(17,3)20(19)13-23(29)26(21,24)4/h15-24,28-29H,5-14H2,1-4H3/t15-,16+,17+,18+,19-,20+,21-,22+,23+,24+,25+,26-,27-/m1/s1. The number of fused-ring (bicyclic) bond motifs is 7. The van der Waals surface area contributed by atoms with Crippen molar-refractivity contribution in [2.75, 3.05) is 6.61 Å². The second-order valence-corrected chi connectivity index (χ2v) is 13.2. The van der Waals surface area contributed by atoms with E-state index in [-0.39, 0.29) is 23.7 Å². The summed E-state index contributed by atoms with van der Waals surface area (Å²) in [6.45, 7) is 10.3. The van der Waals surface area contributed by atoms with E-state index in [1.807, 2.05) is 0 Å². The molecule has 6 fully saturated rings. The van der Waals surface area contributed by atoms with Crippen molar-refractivity contribution >= 4 is 0 Å². The van der Waals surface area contributed by atoms with E-state index in [4.69, 9.17) is 9.47 Å². The van der Waals surface area contributed by atoms with Gasteiger partial charge in [0.2, 0.25) is 0 Å². The zero-order valence-electron chi connectivity index (χ0n) is 20.1.